The van der Waals surface area contributed by atoms with Crippen LogP contribution in [-0.4, -0.2) is 77.4 Å². The van der Waals surface area contributed by atoms with Gasteiger partial charge in [0.15, 0.2) is 5.75 Å². The number of pyridine rings is 1. The fraction of sp³-hybridized carbons (Fsp3) is 0.481. The summed E-state index contributed by atoms with van der Waals surface area (Å²) in [6.07, 6.45) is 3.67. The lowest BCUT2D eigenvalue weighted by Gasteiger charge is -2.38. The minimum absolute atomic E-state index is 0.120. The maximum atomic E-state index is 13.7. The molecular weight excluding hydrogens is 478 g/mol. The molecule has 2 aromatic heterocycles. The molecule has 1 aliphatic rings. The number of hydrogen-bond acceptors (Lipinski definition) is 6. The summed E-state index contributed by atoms with van der Waals surface area (Å²) < 4.78 is 5.99. The zero-order valence-electron chi connectivity index (χ0n) is 21.2. The molecule has 8 nitrogen and oxygen atoms in total. The summed E-state index contributed by atoms with van der Waals surface area (Å²) in [6, 6.07) is 9.84. The quantitative estimate of drug-likeness (QED) is 0.382. The molecule has 1 amide bonds. The van der Waals surface area contributed by atoms with Crippen LogP contribution in [0.3, 0.4) is 0 Å². The number of aromatic amines is 1. The summed E-state index contributed by atoms with van der Waals surface area (Å²) in [5.74, 6) is 0.492. The third-order valence-electron chi connectivity index (χ3n) is 6.64. The Morgan fingerprint density at radius 1 is 1.19 bits per heavy atom. The second-order valence-electron chi connectivity index (χ2n) is 9.56. The van der Waals surface area contributed by atoms with Gasteiger partial charge in [-0.25, -0.2) is 4.98 Å². The van der Waals surface area contributed by atoms with Crippen LogP contribution in [-0.2, 0) is 4.79 Å². The van der Waals surface area contributed by atoms with E-state index in [-0.39, 0.29) is 24.5 Å². The molecule has 1 fully saturated rings. The van der Waals surface area contributed by atoms with Crippen LogP contribution in [0, 0.1) is 0 Å². The number of fused-ring (bicyclic) bond motifs is 1. The van der Waals surface area contributed by atoms with Crippen molar-refractivity contribution in [2.45, 2.75) is 45.3 Å². The number of aliphatic hydroxyl groups is 1. The fourth-order valence-electron chi connectivity index (χ4n) is 4.48. The van der Waals surface area contributed by atoms with Crippen molar-refractivity contribution in [2.24, 2.45) is 0 Å². The molecule has 1 unspecified atom stereocenters. The summed E-state index contributed by atoms with van der Waals surface area (Å²) in [5, 5.41) is 15.1. The van der Waals surface area contributed by atoms with E-state index in [1.807, 2.05) is 48.4 Å². The molecule has 194 valence electrons. The number of aromatic nitrogens is 2. The van der Waals surface area contributed by atoms with Gasteiger partial charge in [0, 0.05) is 55.4 Å². The normalized spacial score (nSPS) is 15.9. The van der Waals surface area contributed by atoms with Gasteiger partial charge in [-0.3, -0.25) is 4.79 Å². The van der Waals surface area contributed by atoms with Gasteiger partial charge in [-0.05, 0) is 30.2 Å². The maximum absolute atomic E-state index is 13.7. The van der Waals surface area contributed by atoms with Crippen LogP contribution in [0.5, 0.6) is 5.75 Å². The lowest BCUT2D eigenvalue weighted by Crippen LogP contribution is -2.51. The second-order valence-corrected chi connectivity index (χ2v) is 10.00. The van der Waals surface area contributed by atoms with E-state index in [1.54, 1.807) is 6.20 Å². The van der Waals surface area contributed by atoms with E-state index >= 15 is 0 Å². The fourth-order valence-corrected chi connectivity index (χ4v) is 4.60. The first kappa shape index (κ1) is 26.3. The lowest BCUT2D eigenvalue weighted by atomic mass is 9.96. The number of halogens is 1. The van der Waals surface area contributed by atoms with Gasteiger partial charge >= 0.3 is 0 Å². The number of anilines is 1. The van der Waals surface area contributed by atoms with E-state index < -0.39 is 6.10 Å². The molecule has 0 aliphatic carbocycles. The minimum atomic E-state index is -0.529. The predicted molar refractivity (Wildman–Crippen MR) is 144 cm³/mol. The van der Waals surface area contributed by atoms with E-state index in [0.29, 0.717) is 49.9 Å². The highest BCUT2D eigenvalue weighted by Gasteiger charge is 2.30. The van der Waals surface area contributed by atoms with Crippen LogP contribution >= 0.6 is 11.6 Å². The number of hydrogen-bond donors (Lipinski definition) is 3. The number of amides is 1. The molecule has 1 saturated heterocycles. The van der Waals surface area contributed by atoms with Crippen LogP contribution in [0.4, 0.5) is 5.69 Å². The molecule has 2 atom stereocenters. The van der Waals surface area contributed by atoms with Gasteiger partial charge in [0.05, 0.1) is 23.9 Å². The number of ether oxygens (including phenoxy) is 1. The lowest BCUT2D eigenvalue weighted by molar-refractivity contribution is -0.133. The van der Waals surface area contributed by atoms with Gasteiger partial charge < -0.3 is 29.9 Å². The smallest absolute Gasteiger partial charge is 0.231 e. The van der Waals surface area contributed by atoms with E-state index in [9.17, 15) is 9.90 Å². The number of benzene rings is 1. The first-order chi connectivity index (χ1) is 17.4. The molecule has 1 aromatic carbocycles. The molecule has 0 bridgehead atoms. The average Bonchev–Trinajstić information content (AvgIpc) is 3.36. The molecule has 4 rings (SSSR count). The maximum Gasteiger partial charge on any atom is 0.231 e. The highest BCUT2D eigenvalue weighted by Crippen LogP contribution is 2.36. The summed E-state index contributed by atoms with van der Waals surface area (Å²) in [7, 11) is 0. The molecule has 0 saturated carbocycles. The molecule has 0 spiro atoms. The van der Waals surface area contributed by atoms with E-state index in [2.05, 4.69) is 34.0 Å². The number of piperazine rings is 1. The van der Waals surface area contributed by atoms with Gasteiger partial charge in [0.1, 0.15) is 12.3 Å². The number of nitrogens with one attached hydrogen (secondary N) is 2. The zero-order valence-corrected chi connectivity index (χ0v) is 22.0. The Labute approximate surface area is 217 Å². The largest absolute Gasteiger partial charge is 0.487 e. The summed E-state index contributed by atoms with van der Waals surface area (Å²) in [6.45, 7) is 9.44. The second kappa shape index (κ2) is 12.0. The topological polar surface area (TPSA) is 93.7 Å². The number of carbonyl (C=O) groups excluding carboxylic acids is 1. The van der Waals surface area contributed by atoms with Gasteiger partial charge in [-0.2, -0.15) is 0 Å². The molecule has 0 radical (unpaired) electrons. The van der Waals surface area contributed by atoms with E-state index in [4.69, 9.17) is 16.3 Å². The SMILES string of the molecule is CCC(O)COc1cnc2[nH]ccc2c1N1CCN(C(=O)[C@H](CNC(C)C)c2ccc(Cl)cc2)CC1. The van der Waals surface area contributed by atoms with Crippen molar-refractivity contribution in [3.8, 4) is 5.75 Å². The van der Waals surface area contributed by atoms with Crippen molar-refractivity contribution in [1.29, 1.82) is 0 Å². The number of rotatable bonds is 10. The average molecular weight is 514 g/mol. The summed E-state index contributed by atoms with van der Waals surface area (Å²) >= 11 is 6.09. The van der Waals surface area contributed by atoms with Crippen LogP contribution in [0.15, 0.2) is 42.7 Å². The predicted octanol–water partition coefficient (Wildman–Crippen LogP) is 3.80. The first-order valence-electron chi connectivity index (χ1n) is 12.7. The highest BCUT2D eigenvalue weighted by molar-refractivity contribution is 6.30. The molecule has 3 aromatic rings. The molecule has 1 aliphatic heterocycles. The number of nitrogens with zero attached hydrogens (tertiary/aromatic N) is 3. The minimum Gasteiger partial charge on any atom is -0.487 e. The van der Waals surface area contributed by atoms with Crippen molar-refractivity contribution in [3.05, 3.63) is 53.3 Å². The molecule has 3 N–H and O–H groups in total. The molecule has 3 heterocycles. The van der Waals surface area contributed by atoms with Crippen LogP contribution in [0.25, 0.3) is 11.0 Å². The first-order valence-corrected chi connectivity index (χ1v) is 13.0. The third kappa shape index (κ3) is 6.11. The van der Waals surface area contributed by atoms with Gasteiger partial charge in [0.25, 0.3) is 0 Å². The van der Waals surface area contributed by atoms with Crippen LogP contribution in [0.2, 0.25) is 5.02 Å². The van der Waals surface area contributed by atoms with Crippen molar-refractivity contribution in [1.82, 2.24) is 20.2 Å². The van der Waals surface area contributed by atoms with E-state index in [1.165, 1.54) is 0 Å². The number of H-pyrrole nitrogens is 1. The third-order valence-corrected chi connectivity index (χ3v) is 6.89. The summed E-state index contributed by atoms with van der Waals surface area (Å²) in [5.41, 5.74) is 2.70. The van der Waals surface area contributed by atoms with Crippen molar-refractivity contribution < 1.29 is 14.6 Å². The molecule has 9 heteroatoms. The molecular formula is C27H36ClN5O3. The Kier molecular flexibility index (Phi) is 8.72. The van der Waals surface area contributed by atoms with Crippen molar-refractivity contribution in [3.63, 3.8) is 0 Å². The Bertz CT molecular complexity index is 1140. The van der Waals surface area contributed by atoms with Gasteiger partial charge in [-0.1, -0.05) is 44.5 Å². The Balaban J connectivity index is 1.50. The van der Waals surface area contributed by atoms with E-state index in [0.717, 1.165) is 22.3 Å². The summed E-state index contributed by atoms with van der Waals surface area (Å²) in [4.78, 5) is 25.5. The van der Waals surface area contributed by atoms with Crippen LogP contribution in [0.1, 0.15) is 38.7 Å². The van der Waals surface area contributed by atoms with Crippen molar-refractivity contribution in [2.75, 3.05) is 44.2 Å². The van der Waals surface area contributed by atoms with Gasteiger partial charge in [0.2, 0.25) is 5.91 Å². The number of carbonyl (C=O) groups is 1. The Morgan fingerprint density at radius 2 is 1.92 bits per heavy atom. The van der Waals surface area contributed by atoms with Gasteiger partial charge in [-0.15, -0.1) is 0 Å². The Hall–Kier alpha value is -2.81. The monoisotopic (exact) mass is 513 g/mol. The standard InChI is InChI=1S/C27H36ClN5O3/c1-4-21(34)17-36-24-16-31-26-22(9-10-29-26)25(24)32-11-13-33(14-12-32)27(35)23(15-30-18(2)3)19-5-7-20(28)8-6-19/h5-10,16,18,21,23,30,34H,4,11-15,17H2,1-3H3,(H,29,31)/t21?,23-/m1/s1. The molecule has 36 heavy (non-hydrogen) atoms. The van der Waals surface area contributed by atoms with Crippen molar-refractivity contribution >= 4 is 34.2 Å². The Morgan fingerprint density at radius 3 is 2.58 bits per heavy atom. The zero-order chi connectivity index (χ0) is 25.7. The van der Waals surface area contributed by atoms with Crippen LogP contribution < -0.4 is 15.0 Å². The highest BCUT2D eigenvalue weighted by atomic mass is 35.5. The number of aliphatic hydroxyl groups excluding tert-OH is 1.